The number of fused-ring (bicyclic) bond motifs is 1. The van der Waals surface area contributed by atoms with E-state index >= 15 is 0 Å². The fraction of sp³-hybridized carbons (Fsp3) is 0. The molecule has 0 aliphatic carbocycles. The highest BCUT2D eigenvalue weighted by molar-refractivity contribution is 7.86. The molecule has 0 aliphatic heterocycles. The highest BCUT2D eigenvalue weighted by Gasteiger charge is 2.24. The monoisotopic (exact) mass is 502 g/mol. The Labute approximate surface area is 181 Å². The summed E-state index contributed by atoms with van der Waals surface area (Å²) < 4.78 is 97.3. The van der Waals surface area contributed by atoms with Gasteiger partial charge in [0.05, 0.1) is 10.6 Å². The average Bonchev–Trinajstić information content (AvgIpc) is 2.64. The molecule has 0 aromatic heterocycles. The summed E-state index contributed by atoms with van der Waals surface area (Å²) in [4.78, 5) is -2.40. The van der Waals surface area contributed by atoms with Crippen molar-refractivity contribution in [3.05, 3.63) is 42.5 Å². The van der Waals surface area contributed by atoms with Gasteiger partial charge < -0.3 is 10.8 Å². The van der Waals surface area contributed by atoms with Gasteiger partial charge in [-0.25, -0.2) is 0 Å². The molecule has 0 saturated heterocycles. The van der Waals surface area contributed by atoms with Crippen LogP contribution in [0, 0.1) is 0 Å². The first-order valence-electron chi connectivity index (χ1n) is 8.08. The Bertz CT molecular complexity index is 1610. The van der Waals surface area contributed by atoms with E-state index in [1.807, 2.05) is 0 Å². The number of phenols is 1. The van der Waals surface area contributed by atoms with Crippen molar-refractivity contribution < 1.29 is 44.0 Å². The quantitative estimate of drug-likeness (QED) is 0.294. The van der Waals surface area contributed by atoms with Gasteiger partial charge in [0.15, 0.2) is 5.75 Å². The van der Waals surface area contributed by atoms with E-state index in [1.165, 1.54) is 0 Å². The van der Waals surface area contributed by atoms with Crippen LogP contribution in [0.5, 0.6) is 5.75 Å². The van der Waals surface area contributed by atoms with Crippen molar-refractivity contribution in [3.63, 3.8) is 0 Å². The van der Waals surface area contributed by atoms with Crippen LogP contribution in [0.2, 0.25) is 0 Å². The first-order chi connectivity index (χ1) is 14.6. The SMILES string of the molecule is [NH]c1ccc(S(=O)(=O)O)c(N=Nc2c(S(=O)(=O)O)cc3cc(S(=O)(=O)O)ccc3c2O)c1. The number of hydrogen-bond acceptors (Lipinski definition) is 9. The Kier molecular flexibility index (Phi) is 5.71. The number of phenolic OH excluding ortho intramolecular Hbond substituents is 1. The zero-order valence-corrected chi connectivity index (χ0v) is 17.8. The molecule has 0 heterocycles. The van der Waals surface area contributed by atoms with Crippen molar-refractivity contribution in [1.29, 1.82) is 0 Å². The van der Waals surface area contributed by atoms with E-state index in [9.17, 15) is 39.5 Å². The highest BCUT2D eigenvalue weighted by atomic mass is 32.2. The molecule has 3 rings (SSSR count). The van der Waals surface area contributed by atoms with Gasteiger partial charge >= 0.3 is 0 Å². The van der Waals surface area contributed by atoms with Crippen LogP contribution >= 0.6 is 0 Å². The van der Waals surface area contributed by atoms with Gasteiger partial charge in [-0.2, -0.15) is 25.3 Å². The van der Waals surface area contributed by atoms with Crippen LogP contribution in [0.15, 0.2) is 67.4 Å². The second-order valence-corrected chi connectivity index (χ2v) is 10.5. The summed E-state index contributed by atoms with van der Waals surface area (Å²) in [5, 5.41) is 17.1. The minimum absolute atomic E-state index is 0.150. The van der Waals surface area contributed by atoms with Gasteiger partial charge in [0.25, 0.3) is 30.4 Å². The lowest BCUT2D eigenvalue weighted by molar-refractivity contribution is 0.471. The van der Waals surface area contributed by atoms with Gasteiger partial charge in [0.1, 0.15) is 21.2 Å². The Morgan fingerprint density at radius 2 is 1.34 bits per heavy atom. The van der Waals surface area contributed by atoms with Crippen LogP contribution in [-0.2, 0) is 30.4 Å². The smallest absolute Gasteiger partial charge is 0.296 e. The van der Waals surface area contributed by atoms with Gasteiger partial charge in [-0.15, -0.1) is 10.2 Å². The van der Waals surface area contributed by atoms with Crippen molar-refractivity contribution in [2.75, 3.05) is 0 Å². The molecule has 16 heteroatoms. The van der Waals surface area contributed by atoms with E-state index in [2.05, 4.69) is 10.2 Å². The number of nitrogens with one attached hydrogen (secondary N) is 1. The number of nitrogens with zero attached hydrogens (tertiary/aromatic N) is 2. The standard InChI is InChI=1S/C16H12N3O10S3/c17-9-1-4-13(31(24,25)26)12(7-9)18-19-15-14(32(27,28)29)6-8-5-10(30(21,22)23)2-3-11(8)16(15)20/h1-7,17,20H,(H,21,22,23)(H,24,25,26)(H,27,28,29). The highest BCUT2D eigenvalue weighted by Crippen LogP contribution is 2.42. The van der Waals surface area contributed by atoms with Crippen molar-refractivity contribution in [3.8, 4) is 5.75 Å². The summed E-state index contributed by atoms with van der Waals surface area (Å²) in [6.07, 6.45) is 0. The fourth-order valence-corrected chi connectivity index (χ4v) is 4.48. The maximum Gasteiger partial charge on any atom is 0.296 e. The molecule has 32 heavy (non-hydrogen) atoms. The van der Waals surface area contributed by atoms with Crippen LogP contribution in [0.25, 0.3) is 10.8 Å². The number of hydrogen-bond donors (Lipinski definition) is 4. The van der Waals surface area contributed by atoms with E-state index < -0.39 is 62.2 Å². The van der Waals surface area contributed by atoms with Crippen LogP contribution in [0.4, 0.5) is 17.1 Å². The molecular formula is C16H12N3O10S3. The van der Waals surface area contributed by atoms with Crippen molar-refractivity contribution >= 4 is 58.2 Å². The molecule has 3 aromatic carbocycles. The second-order valence-electron chi connectivity index (χ2n) is 6.26. The van der Waals surface area contributed by atoms with Crippen LogP contribution < -0.4 is 5.73 Å². The summed E-state index contributed by atoms with van der Waals surface area (Å²) >= 11 is 0. The summed E-state index contributed by atoms with van der Waals surface area (Å²) in [5.41, 5.74) is 5.91. The van der Waals surface area contributed by atoms with Crippen molar-refractivity contribution in [2.45, 2.75) is 14.7 Å². The lowest BCUT2D eigenvalue weighted by Crippen LogP contribution is -2.01. The van der Waals surface area contributed by atoms with Gasteiger partial charge in [-0.05, 0) is 47.9 Å². The van der Waals surface area contributed by atoms with Crippen LogP contribution in [-0.4, -0.2) is 44.0 Å². The number of azo groups is 1. The molecule has 0 aliphatic rings. The van der Waals surface area contributed by atoms with E-state index in [0.717, 1.165) is 42.5 Å². The molecule has 3 aromatic rings. The average molecular weight is 502 g/mol. The van der Waals surface area contributed by atoms with Crippen molar-refractivity contribution in [1.82, 2.24) is 5.73 Å². The normalized spacial score (nSPS) is 13.1. The van der Waals surface area contributed by atoms with Gasteiger partial charge in [0.2, 0.25) is 0 Å². The predicted molar refractivity (Wildman–Crippen MR) is 108 cm³/mol. The summed E-state index contributed by atoms with van der Waals surface area (Å²) in [6.45, 7) is 0. The third-order valence-corrected chi connectivity index (χ3v) is 6.71. The van der Waals surface area contributed by atoms with Gasteiger partial charge in [-0.3, -0.25) is 13.7 Å². The zero-order valence-electron chi connectivity index (χ0n) is 15.4. The predicted octanol–water partition coefficient (Wildman–Crippen LogP) is 2.62. The molecule has 0 atom stereocenters. The number of benzene rings is 3. The van der Waals surface area contributed by atoms with E-state index in [4.69, 9.17) is 10.3 Å². The number of aromatic hydroxyl groups is 1. The lowest BCUT2D eigenvalue weighted by Gasteiger charge is -2.10. The van der Waals surface area contributed by atoms with E-state index in [-0.39, 0.29) is 16.5 Å². The minimum atomic E-state index is -5.08. The molecule has 0 spiro atoms. The topological polar surface area (TPSA) is 232 Å². The first-order valence-corrected chi connectivity index (χ1v) is 12.4. The molecule has 0 unspecified atom stereocenters. The van der Waals surface area contributed by atoms with Crippen LogP contribution in [0.1, 0.15) is 0 Å². The molecule has 0 bridgehead atoms. The maximum atomic E-state index is 11.8. The summed E-state index contributed by atoms with van der Waals surface area (Å²) in [7, 11) is -14.6. The Balaban J connectivity index is 2.32. The molecule has 5 N–H and O–H groups in total. The van der Waals surface area contributed by atoms with E-state index in [1.54, 1.807) is 0 Å². The Hall–Kier alpha value is -3.15. The molecule has 169 valence electrons. The zero-order chi connectivity index (χ0) is 24.1. The Morgan fingerprint density at radius 1 is 0.719 bits per heavy atom. The Morgan fingerprint density at radius 3 is 1.91 bits per heavy atom. The molecule has 0 fully saturated rings. The molecule has 0 amide bonds. The van der Waals surface area contributed by atoms with Gasteiger partial charge in [0, 0.05) is 5.39 Å². The number of rotatable bonds is 5. The summed E-state index contributed by atoms with van der Waals surface area (Å²) in [5.74, 6) is -0.879. The molecule has 13 nitrogen and oxygen atoms in total. The largest absolute Gasteiger partial charge is 0.505 e. The third-order valence-electron chi connectivity index (χ3n) is 4.09. The third kappa shape index (κ3) is 4.69. The first kappa shape index (κ1) is 23.5. The maximum absolute atomic E-state index is 11.8. The fourth-order valence-electron chi connectivity index (χ4n) is 2.70. The molecule has 0 saturated carbocycles. The van der Waals surface area contributed by atoms with Crippen LogP contribution in [0.3, 0.4) is 0 Å². The lowest BCUT2D eigenvalue weighted by atomic mass is 10.1. The van der Waals surface area contributed by atoms with E-state index in [0.29, 0.717) is 0 Å². The van der Waals surface area contributed by atoms with Gasteiger partial charge in [-0.1, -0.05) is 0 Å². The summed E-state index contributed by atoms with van der Waals surface area (Å²) in [6, 6.07) is 6.28. The second kappa shape index (κ2) is 7.76. The molecular weight excluding hydrogens is 490 g/mol. The minimum Gasteiger partial charge on any atom is -0.505 e. The van der Waals surface area contributed by atoms with Crippen molar-refractivity contribution in [2.24, 2.45) is 10.2 Å². The molecule has 1 radical (unpaired) electrons.